The van der Waals surface area contributed by atoms with E-state index in [0.717, 1.165) is 25.7 Å². The van der Waals surface area contributed by atoms with Crippen LogP contribution in [-0.2, 0) is 0 Å². The average Bonchev–Trinajstić information content (AvgIpc) is 2.32. The molecule has 0 bridgehead atoms. The molecular weight excluding hydrogens is 190 g/mol. The molecule has 2 N–H and O–H groups in total. The van der Waals surface area contributed by atoms with Crippen LogP contribution >= 0.6 is 22.9 Å². The van der Waals surface area contributed by atoms with E-state index >= 15 is 0 Å². The number of rotatable bonds is 0. The van der Waals surface area contributed by atoms with Gasteiger partial charge in [-0.2, -0.15) is 0 Å². The molecule has 0 radical (unpaired) electrons. The van der Waals surface area contributed by atoms with Gasteiger partial charge in [0.1, 0.15) is 0 Å². The molecular formula is C9H8ClNS. The second kappa shape index (κ2) is 2.64. The van der Waals surface area contributed by atoms with E-state index < -0.39 is 0 Å². The Labute approximate surface area is 79.8 Å². The van der Waals surface area contributed by atoms with E-state index in [2.05, 4.69) is 0 Å². The Hall–Kier alpha value is -0.730. The topological polar surface area (TPSA) is 26.0 Å². The van der Waals surface area contributed by atoms with Gasteiger partial charge in [-0.05, 0) is 13.0 Å². The highest BCUT2D eigenvalue weighted by atomic mass is 35.5. The van der Waals surface area contributed by atoms with Crippen molar-refractivity contribution in [1.29, 1.82) is 0 Å². The molecule has 0 aliphatic heterocycles. The first-order valence-corrected chi connectivity index (χ1v) is 4.82. The molecule has 0 aliphatic rings. The molecule has 3 heteroatoms. The quantitative estimate of drug-likeness (QED) is 0.688. The maximum Gasteiger partial charge on any atom is 0.0585 e. The van der Waals surface area contributed by atoms with Crippen molar-refractivity contribution in [3.05, 3.63) is 28.1 Å². The predicted octanol–water partition coefficient (Wildman–Crippen LogP) is 3.45. The number of benzene rings is 1. The third-order valence-corrected chi connectivity index (χ3v) is 3.49. The van der Waals surface area contributed by atoms with Gasteiger partial charge in [-0.1, -0.05) is 23.7 Å². The van der Waals surface area contributed by atoms with Crippen molar-refractivity contribution in [1.82, 2.24) is 0 Å². The summed E-state index contributed by atoms with van der Waals surface area (Å²) in [5, 5.41) is 1.86. The molecule has 0 amide bonds. The summed E-state index contributed by atoms with van der Waals surface area (Å²) in [6.07, 6.45) is 0. The van der Waals surface area contributed by atoms with Crippen molar-refractivity contribution in [2.45, 2.75) is 6.92 Å². The maximum absolute atomic E-state index is 6.00. The highest BCUT2D eigenvalue weighted by Crippen LogP contribution is 2.36. The fourth-order valence-corrected chi connectivity index (χ4v) is 2.49. The van der Waals surface area contributed by atoms with Crippen LogP contribution in [0.25, 0.3) is 10.1 Å². The minimum absolute atomic E-state index is 0.789. The van der Waals surface area contributed by atoms with Crippen molar-refractivity contribution < 1.29 is 0 Å². The summed E-state index contributed by atoms with van der Waals surface area (Å²) in [5.41, 5.74) is 6.72. The Kier molecular flexibility index (Phi) is 1.74. The molecule has 1 aromatic carbocycles. The molecule has 12 heavy (non-hydrogen) atoms. The lowest BCUT2D eigenvalue weighted by Gasteiger charge is -1.92. The molecule has 0 fully saturated rings. The van der Waals surface area contributed by atoms with Crippen LogP contribution < -0.4 is 5.73 Å². The van der Waals surface area contributed by atoms with Gasteiger partial charge >= 0.3 is 0 Å². The van der Waals surface area contributed by atoms with Crippen LogP contribution in [0.5, 0.6) is 0 Å². The molecule has 0 atom stereocenters. The largest absolute Gasteiger partial charge is 0.397 e. The van der Waals surface area contributed by atoms with Crippen molar-refractivity contribution >= 4 is 38.7 Å². The van der Waals surface area contributed by atoms with Gasteiger partial charge < -0.3 is 5.73 Å². The first kappa shape index (κ1) is 7.90. The number of hydrogen-bond acceptors (Lipinski definition) is 2. The molecule has 0 saturated heterocycles. The van der Waals surface area contributed by atoms with E-state index in [1.807, 2.05) is 25.1 Å². The van der Waals surface area contributed by atoms with E-state index in [1.54, 1.807) is 11.3 Å². The van der Waals surface area contributed by atoms with E-state index in [-0.39, 0.29) is 0 Å². The molecule has 1 nitrogen and oxygen atoms in total. The Morgan fingerprint density at radius 3 is 2.83 bits per heavy atom. The molecule has 0 spiro atoms. The Morgan fingerprint density at radius 2 is 2.17 bits per heavy atom. The Bertz CT molecular complexity index is 433. The number of hydrogen-bond donors (Lipinski definition) is 1. The highest BCUT2D eigenvalue weighted by Gasteiger charge is 2.07. The lowest BCUT2D eigenvalue weighted by molar-refractivity contribution is 1.64. The van der Waals surface area contributed by atoms with Crippen molar-refractivity contribution in [2.75, 3.05) is 5.73 Å². The number of anilines is 1. The zero-order valence-electron chi connectivity index (χ0n) is 6.60. The summed E-state index contributed by atoms with van der Waals surface area (Å²) in [6.45, 7) is 2.01. The predicted molar refractivity (Wildman–Crippen MR) is 56.0 cm³/mol. The zero-order valence-corrected chi connectivity index (χ0v) is 8.17. The normalized spacial score (nSPS) is 10.8. The van der Waals surface area contributed by atoms with Gasteiger partial charge in [-0.25, -0.2) is 0 Å². The van der Waals surface area contributed by atoms with Crippen LogP contribution in [0, 0.1) is 6.92 Å². The van der Waals surface area contributed by atoms with Crippen LogP contribution in [0.2, 0.25) is 5.02 Å². The second-order valence-electron chi connectivity index (χ2n) is 2.69. The third kappa shape index (κ3) is 0.993. The van der Waals surface area contributed by atoms with Gasteiger partial charge in [-0.3, -0.25) is 0 Å². The summed E-state index contributed by atoms with van der Waals surface area (Å²) in [4.78, 5) is 1.14. The molecule has 2 aromatic rings. The summed E-state index contributed by atoms with van der Waals surface area (Å²) < 4.78 is 1.09. The summed E-state index contributed by atoms with van der Waals surface area (Å²) >= 11 is 7.65. The molecule has 62 valence electrons. The molecule has 0 aliphatic carbocycles. The van der Waals surface area contributed by atoms with Gasteiger partial charge in [0.15, 0.2) is 0 Å². The Balaban J connectivity index is 2.95. The van der Waals surface area contributed by atoms with Crippen LogP contribution in [-0.4, -0.2) is 0 Å². The van der Waals surface area contributed by atoms with E-state index in [0.29, 0.717) is 0 Å². The first-order chi connectivity index (χ1) is 5.70. The minimum Gasteiger partial charge on any atom is -0.397 e. The van der Waals surface area contributed by atoms with Gasteiger partial charge in [0.2, 0.25) is 0 Å². The average molecular weight is 198 g/mol. The lowest BCUT2D eigenvalue weighted by Crippen LogP contribution is -1.82. The number of aryl methyl sites for hydroxylation is 1. The summed E-state index contributed by atoms with van der Waals surface area (Å²) in [7, 11) is 0. The lowest BCUT2D eigenvalue weighted by atomic mass is 10.2. The van der Waals surface area contributed by atoms with Crippen molar-refractivity contribution in [2.24, 2.45) is 0 Å². The summed E-state index contributed by atoms with van der Waals surface area (Å²) in [5.74, 6) is 0. The standard InChI is InChI=1S/C9H8ClNS/c1-5-8(11)6-3-2-4-7(10)9(6)12-5/h2-4H,11H2,1H3. The third-order valence-electron chi connectivity index (χ3n) is 1.89. The maximum atomic E-state index is 6.00. The number of nitrogen functional groups attached to an aromatic ring is 1. The highest BCUT2D eigenvalue weighted by molar-refractivity contribution is 7.20. The van der Waals surface area contributed by atoms with Crippen molar-refractivity contribution in [3.63, 3.8) is 0 Å². The minimum atomic E-state index is 0.789. The molecule has 1 aromatic heterocycles. The van der Waals surface area contributed by atoms with E-state index in [9.17, 15) is 0 Å². The first-order valence-electron chi connectivity index (χ1n) is 3.63. The van der Waals surface area contributed by atoms with Gasteiger partial charge in [0.05, 0.1) is 15.4 Å². The number of thiophene rings is 1. The molecule has 1 heterocycles. The zero-order chi connectivity index (χ0) is 8.72. The smallest absolute Gasteiger partial charge is 0.0585 e. The second-order valence-corrected chi connectivity index (χ2v) is 4.32. The van der Waals surface area contributed by atoms with Crippen LogP contribution in [0.15, 0.2) is 18.2 Å². The number of halogens is 1. The van der Waals surface area contributed by atoms with Crippen molar-refractivity contribution in [3.8, 4) is 0 Å². The molecule has 2 rings (SSSR count). The molecule has 0 saturated carbocycles. The van der Waals surface area contributed by atoms with E-state index in [1.165, 1.54) is 0 Å². The van der Waals surface area contributed by atoms with Gasteiger partial charge in [0.25, 0.3) is 0 Å². The number of fused-ring (bicyclic) bond motifs is 1. The molecule has 0 unspecified atom stereocenters. The fourth-order valence-electron chi connectivity index (χ4n) is 1.22. The number of nitrogens with two attached hydrogens (primary N) is 1. The van der Waals surface area contributed by atoms with Crippen LogP contribution in [0.1, 0.15) is 4.88 Å². The van der Waals surface area contributed by atoms with Gasteiger partial charge in [-0.15, -0.1) is 11.3 Å². The van der Waals surface area contributed by atoms with Crippen LogP contribution in [0.4, 0.5) is 5.69 Å². The van der Waals surface area contributed by atoms with Gasteiger partial charge in [0, 0.05) is 10.3 Å². The fraction of sp³-hybridized carbons (Fsp3) is 0.111. The Morgan fingerprint density at radius 1 is 1.42 bits per heavy atom. The van der Waals surface area contributed by atoms with Crippen LogP contribution in [0.3, 0.4) is 0 Å². The SMILES string of the molecule is Cc1sc2c(Cl)cccc2c1N. The van der Waals surface area contributed by atoms with E-state index in [4.69, 9.17) is 17.3 Å². The summed E-state index contributed by atoms with van der Waals surface area (Å²) in [6, 6.07) is 5.81. The monoisotopic (exact) mass is 197 g/mol.